The molecule has 3 aromatic rings. The number of hydrazone groups is 1. The van der Waals surface area contributed by atoms with Crippen molar-refractivity contribution in [1.82, 2.24) is 20.4 Å². The second-order valence-electron chi connectivity index (χ2n) is 6.31. The van der Waals surface area contributed by atoms with Gasteiger partial charge in [-0.25, -0.2) is 15.4 Å². The molecule has 0 fully saturated rings. The number of hydrogen-bond donors (Lipinski definition) is 2. The zero-order chi connectivity index (χ0) is 17.9. The first-order valence-corrected chi connectivity index (χ1v) is 8.45. The minimum atomic E-state index is -0.0498. The second kappa shape index (κ2) is 6.87. The number of aromatic nitrogens is 3. The van der Waals surface area contributed by atoms with E-state index in [0.717, 1.165) is 33.6 Å². The minimum Gasteiger partial charge on any atom is -0.365 e. The fourth-order valence-electron chi connectivity index (χ4n) is 3.05. The zero-order valence-corrected chi connectivity index (χ0v) is 14.3. The average Bonchev–Trinajstić information content (AvgIpc) is 2.66. The summed E-state index contributed by atoms with van der Waals surface area (Å²) in [5.74, 6) is 0.801. The zero-order valence-electron chi connectivity index (χ0n) is 14.3. The van der Waals surface area contributed by atoms with Crippen molar-refractivity contribution in [3.63, 3.8) is 0 Å². The van der Waals surface area contributed by atoms with Gasteiger partial charge < -0.3 is 5.32 Å². The van der Waals surface area contributed by atoms with Crippen LogP contribution in [0, 0.1) is 5.92 Å². The third-order valence-corrected chi connectivity index (χ3v) is 4.37. The summed E-state index contributed by atoms with van der Waals surface area (Å²) < 4.78 is 0. The van der Waals surface area contributed by atoms with Crippen LogP contribution in [0.15, 0.2) is 54.2 Å². The molecule has 0 aliphatic carbocycles. The lowest BCUT2D eigenvalue weighted by atomic mass is 9.93. The molecule has 7 heteroatoms. The van der Waals surface area contributed by atoms with Crippen LogP contribution in [0.25, 0.3) is 10.9 Å². The fourth-order valence-corrected chi connectivity index (χ4v) is 3.05. The van der Waals surface area contributed by atoms with Crippen molar-refractivity contribution in [2.24, 2.45) is 11.0 Å². The van der Waals surface area contributed by atoms with Gasteiger partial charge in [-0.15, -0.1) is 0 Å². The van der Waals surface area contributed by atoms with Crippen molar-refractivity contribution in [2.75, 3.05) is 5.32 Å². The molecular formula is C19H18N6O. The Morgan fingerprint density at radius 3 is 3.00 bits per heavy atom. The summed E-state index contributed by atoms with van der Waals surface area (Å²) in [6, 6.07) is 9.89. The van der Waals surface area contributed by atoms with Gasteiger partial charge in [0.05, 0.1) is 11.2 Å². The summed E-state index contributed by atoms with van der Waals surface area (Å²) in [6.45, 7) is 2.64. The lowest BCUT2D eigenvalue weighted by Gasteiger charge is -2.19. The summed E-state index contributed by atoms with van der Waals surface area (Å²) in [6.07, 6.45) is 5.57. The van der Waals surface area contributed by atoms with Crippen molar-refractivity contribution < 1.29 is 4.79 Å². The van der Waals surface area contributed by atoms with E-state index < -0.39 is 0 Å². The molecule has 1 aromatic carbocycles. The third kappa shape index (κ3) is 3.23. The topological polar surface area (TPSA) is 92.2 Å². The number of fused-ring (bicyclic) bond motifs is 1. The molecule has 1 aliphatic heterocycles. The number of nitrogens with zero attached hydrogens (tertiary/aromatic N) is 4. The molecule has 2 N–H and O–H groups in total. The maximum Gasteiger partial charge on any atom is 0.240 e. The summed E-state index contributed by atoms with van der Waals surface area (Å²) in [7, 11) is 0. The van der Waals surface area contributed by atoms with Gasteiger partial charge in [-0.1, -0.05) is 19.1 Å². The monoisotopic (exact) mass is 346 g/mol. The Kier molecular flexibility index (Phi) is 4.27. The van der Waals surface area contributed by atoms with Crippen LogP contribution in [-0.4, -0.2) is 26.6 Å². The maximum atomic E-state index is 11.4. The van der Waals surface area contributed by atoms with Gasteiger partial charge in [0.15, 0.2) is 0 Å². The number of rotatable bonds is 4. The Hall–Kier alpha value is -3.35. The highest BCUT2D eigenvalue weighted by atomic mass is 16.2. The molecule has 0 radical (unpaired) electrons. The van der Waals surface area contributed by atoms with Gasteiger partial charge in [0.25, 0.3) is 0 Å². The van der Waals surface area contributed by atoms with Gasteiger partial charge in [0, 0.05) is 42.2 Å². The summed E-state index contributed by atoms with van der Waals surface area (Å²) >= 11 is 0. The van der Waals surface area contributed by atoms with Gasteiger partial charge in [-0.2, -0.15) is 5.10 Å². The van der Waals surface area contributed by atoms with Gasteiger partial charge in [-0.3, -0.25) is 9.78 Å². The van der Waals surface area contributed by atoms with Crippen LogP contribution in [0.5, 0.6) is 0 Å². The highest BCUT2D eigenvalue weighted by molar-refractivity contribution is 6.07. The van der Waals surface area contributed by atoms with Crippen molar-refractivity contribution in [1.29, 1.82) is 0 Å². The Balaban J connectivity index is 1.63. The fraction of sp³-hybridized carbons (Fsp3) is 0.211. The number of nitrogens with one attached hydrogen (secondary N) is 2. The van der Waals surface area contributed by atoms with Gasteiger partial charge in [0.1, 0.15) is 12.1 Å². The first kappa shape index (κ1) is 16.1. The van der Waals surface area contributed by atoms with Crippen LogP contribution in [0.4, 0.5) is 5.82 Å². The average molecular weight is 346 g/mol. The predicted octanol–water partition coefficient (Wildman–Crippen LogP) is 2.50. The van der Waals surface area contributed by atoms with E-state index >= 15 is 0 Å². The number of amides is 1. The Morgan fingerprint density at radius 2 is 2.19 bits per heavy atom. The van der Waals surface area contributed by atoms with Crippen LogP contribution >= 0.6 is 0 Å². The number of carbonyl (C=O) groups is 1. The normalized spacial score (nSPS) is 16.9. The SMILES string of the molecule is CC1CC(=O)NN=C1c1ccc2c(NCc3cccnc3)ncnc2c1. The summed E-state index contributed by atoms with van der Waals surface area (Å²) in [5.41, 5.74) is 6.30. The van der Waals surface area contributed by atoms with Crippen LogP contribution in [0.3, 0.4) is 0 Å². The number of carbonyl (C=O) groups excluding carboxylic acids is 1. The largest absolute Gasteiger partial charge is 0.365 e. The Bertz CT molecular complexity index is 986. The van der Waals surface area contributed by atoms with Crippen molar-refractivity contribution >= 4 is 28.3 Å². The number of benzene rings is 1. The van der Waals surface area contributed by atoms with E-state index in [-0.39, 0.29) is 11.8 Å². The highest BCUT2D eigenvalue weighted by Gasteiger charge is 2.22. The molecule has 0 spiro atoms. The molecule has 1 unspecified atom stereocenters. The maximum absolute atomic E-state index is 11.4. The van der Waals surface area contributed by atoms with E-state index in [1.807, 2.05) is 43.5 Å². The number of hydrogen-bond acceptors (Lipinski definition) is 6. The van der Waals surface area contributed by atoms with Crippen LogP contribution in [0.2, 0.25) is 0 Å². The third-order valence-electron chi connectivity index (χ3n) is 4.37. The quantitative estimate of drug-likeness (QED) is 0.757. The number of pyridine rings is 1. The minimum absolute atomic E-state index is 0.0498. The molecule has 3 heterocycles. The van der Waals surface area contributed by atoms with Crippen LogP contribution in [-0.2, 0) is 11.3 Å². The standard InChI is InChI=1S/C19H18N6O/c1-12-7-17(26)24-25-18(12)14-4-5-15-16(8-14)22-11-23-19(15)21-10-13-3-2-6-20-9-13/h2-6,8-9,11-12H,7,10H2,1H3,(H,24,26)(H,21,22,23). The molecule has 0 saturated carbocycles. The Morgan fingerprint density at radius 1 is 1.27 bits per heavy atom. The van der Waals surface area contributed by atoms with Crippen LogP contribution < -0.4 is 10.7 Å². The smallest absolute Gasteiger partial charge is 0.240 e. The van der Waals surface area contributed by atoms with Crippen molar-refractivity contribution in [3.05, 3.63) is 60.2 Å². The summed E-state index contributed by atoms with van der Waals surface area (Å²) in [4.78, 5) is 24.3. The molecule has 26 heavy (non-hydrogen) atoms. The first-order valence-electron chi connectivity index (χ1n) is 8.45. The van der Waals surface area contributed by atoms with Gasteiger partial charge >= 0.3 is 0 Å². The highest BCUT2D eigenvalue weighted by Crippen LogP contribution is 2.24. The van der Waals surface area contributed by atoms with E-state index in [1.54, 1.807) is 12.5 Å². The Labute approximate surface area is 150 Å². The molecule has 0 saturated heterocycles. The van der Waals surface area contributed by atoms with Crippen molar-refractivity contribution in [3.8, 4) is 0 Å². The van der Waals surface area contributed by atoms with E-state index in [0.29, 0.717) is 13.0 Å². The molecule has 0 bridgehead atoms. The molecule has 130 valence electrons. The van der Waals surface area contributed by atoms with E-state index in [9.17, 15) is 4.79 Å². The second-order valence-corrected chi connectivity index (χ2v) is 6.31. The molecule has 1 atom stereocenters. The lowest BCUT2D eigenvalue weighted by molar-refractivity contribution is -0.121. The van der Waals surface area contributed by atoms with E-state index in [4.69, 9.17) is 0 Å². The van der Waals surface area contributed by atoms with E-state index in [2.05, 4.69) is 30.8 Å². The molecule has 4 rings (SSSR count). The van der Waals surface area contributed by atoms with E-state index in [1.165, 1.54) is 0 Å². The molecule has 1 amide bonds. The number of anilines is 1. The predicted molar refractivity (Wildman–Crippen MR) is 99.6 cm³/mol. The summed E-state index contributed by atoms with van der Waals surface area (Å²) in [5, 5.41) is 8.50. The van der Waals surface area contributed by atoms with Gasteiger partial charge in [0.2, 0.25) is 5.91 Å². The molecule has 2 aromatic heterocycles. The first-order chi connectivity index (χ1) is 12.7. The molecular weight excluding hydrogens is 328 g/mol. The molecule has 1 aliphatic rings. The van der Waals surface area contributed by atoms with Crippen molar-refractivity contribution in [2.45, 2.75) is 19.9 Å². The van der Waals surface area contributed by atoms with Crippen LogP contribution in [0.1, 0.15) is 24.5 Å². The molecule has 7 nitrogen and oxygen atoms in total. The van der Waals surface area contributed by atoms with Gasteiger partial charge in [-0.05, 0) is 23.8 Å². The lowest BCUT2D eigenvalue weighted by Crippen LogP contribution is -2.31.